The predicted molar refractivity (Wildman–Crippen MR) is 159 cm³/mol. The quantitative estimate of drug-likeness (QED) is 0.156. The fraction of sp³-hybridized carbons (Fsp3) is 0.258. The zero-order chi connectivity index (χ0) is 29.5. The van der Waals surface area contributed by atoms with E-state index in [4.69, 9.17) is 18.9 Å². The SMILES string of the molecule is CCC(C)c1ccc(OCCOc2c(Br)cc(/C=C3/C(=O)NC(=O)N(c4ccc(OC)cc4)C3=O)cc2OC)cc1. The molecule has 0 radical (unpaired) electrons. The minimum absolute atomic E-state index is 0.212. The van der Waals surface area contributed by atoms with Crippen molar-refractivity contribution in [1.82, 2.24) is 5.32 Å². The van der Waals surface area contributed by atoms with E-state index >= 15 is 0 Å². The summed E-state index contributed by atoms with van der Waals surface area (Å²) in [5.74, 6) is 1.09. The van der Waals surface area contributed by atoms with Gasteiger partial charge in [-0.2, -0.15) is 0 Å². The van der Waals surface area contributed by atoms with Gasteiger partial charge in [0.05, 0.1) is 24.4 Å². The van der Waals surface area contributed by atoms with Gasteiger partial charge >= 0.3 is 6.03 Å². The molecule has 1 aliphatic heterocycles. The zero-order valence-electron chi connectivity index (χ0n) is 23.2. The van der Waals surface area contributed by atoms with Gasteiger partial charge in [0, 0.05) is 0 Å². The maximum absolute atomic E-state index is 13.2. The first-order valence-corrected chi connectivity index (χ1v) is 13.8. The highest BCUT2D eigenvalue weighted by atomic mass is 79.9. The van der Waals surface area contributed by atoms with Crippen molar-refractivity contribution in [2.45, 2.75) is 26.2 Å². The molecule has 0 aromatic heterocycles. The molecule has 1 aliphatic rings. The van der Waals surface area contributed by atoms with Crippen LogP contribution < -0.4 is 29.2 Å². The molecule has 4 rings (SSSR count). The summed E-state index contributed by atoms with van der Waals surface area (Å²) >= 11 is 3.49. The average molecular weight is 624 g/mol. The van der Waals surface area contributed by atoms with Crippen molar-refractivity contribution in [2.75, 3.05) is 32.3 Å². The highest BCUT2D eigenvalue weighted by molar-refractivity contribution is 9.10. The number of amides is 4. The van der Waals surface area contributed by atoms with E-state index in [1.807, 2.05) is 12.1 Å². The number of urea groups is 1. The molecule has 214 valence electrons. The lowest BCUT2D eigenvalue weighted by Gasteiger charge is -2.26. The molecule has 1 atom stereocenters. The molecule has 0 aliphatic carbocycles. The second kappa shape index (κ2) is 13.4. The van der Waals surface area contributed by atoms with Gasteiger partial charge in [0.1, 0.15) is 30.3 Å². The van der Waals surface area contributed by atoms with Crippen LogP contribution in [0, 0.1) is 0 Å². The van der Waals surface area contributed by atoms with Crippen LogP contribution in [0.1, 0.15) is 37.3 Å². The molecule has 0 saturated carbocycles. The molecule has 4 amide bonds. The first-order chi connectivity index (χ1) is 19.7. The van der Waals surface area contributed by atoms with Crippen molar-refractivity contribution in [3.8, 4) is 23.0 Å². The molecule has 1 fully saturated rings. The molecule has 0 bridgehead atoms. The van der Waals surface area contributed by atoms with Crippen LogP contribution in [-0.2, 0) is 9.59 Å². The van der Waals surface area contributed by atoms with E-state index in [0.717, 1.165) is 17.1 Å². The van der Waals surface area contributed by atoms with Crippen LogP contribution in [0.3, 0.4) is 0 Å². The maximum atomic E-state index is 13.2. The van der Waals surface area contributed by atoms with Crippen LogP contribution in [0.15, 0.2) is 70.7 Å². The Labute approximate surface area is 247 Å². The minimum atomic E-state index is -0.835. The monoisotopic (exact) mass is 622 g/mol. The predicted octanol–water partition coefficient (Wildman–Crippen LogP) is 6.10. The normalized spacial score (nSPS) is 15.0. The number of nitrogens with one attached hydrogen (secondary N) is 1. The molecular weight excluding hydrogens is 592 g/mol. The molecule has 3 aromatic carbocycles. The van der Waals surface area contributed by atoms with E-state index in [2.05, 4.69) is 47.2 Å². The van der Waals surface area contributed by atoms with Crippen LogP contribution in [0.4, 0.5) is 10.5 Å². The molecule has 1 saturated heterocycles. The van der Waals surface area contributed by atoms with Crippen molar-refractivity contribution < 1.29 is 33.3 Å². The van der Waals surface area contributed by atoms with Crippen molar-refractivity contribution in [1.29, 1.82) is 0 Å². The number of anilines is 1. The van der Waals surface area contributed by atoms with Crippen LogP contribution >= 0.6 is 15.9 Å². The number of hydrogen-bond acceptors (Lipinski definition) is 7. The van der Waals surface area contributed by atoms with Gasteiger partial charge < -0.3 is 18.9 Å². The Morgan fingerprint density at radius 2 is 1.56 bits per heavy atom. The van der Waals surface area contributed by atoms with E-state index in [9.17, 15) is 14.4 Å². The number of nitrogens with zero attached hydrogens (tertiary/aromatic N) is 1. The lowest BCUT2D eigenvalue weighted by Crippen LogP contribution is -2.54. The Morgan fingerprint density at radius 1 is 0.902 bits per heavy atom. The molecule has 0 spiro atoms. The van der Waals surface area contributed by atoms with Gasteiger partial charge in [-0.05, 0) is 94.0 Å². The summed E-state index contributed by atoms with van der Waals surface area (Å²) in [6, 6.07) is 16.9. The summed E-state index contributed by atoms with van der Waals surface area (Å²) in [5, 5.41) is 2.22. The zero-order valence-corrected chi connectivity index (χ0v) is 24.8. The van der Waals surface area contributed by atoms with E-state index < -0.39 is 17.8 Å². The van der Waals surface area contributed by atoms with Gasteiger partial charge in [0.2, 0.25) is 0 Å². The maximum Gasteiger partial charge on any atom is 0.335 e. The van der Waals surface area contributed by atoms with Gasteiger partial charge in [-0.3, -0.25) is 14.9 Å². The van der Waals surface area contributed by atoms with Gasteiger partial charge in [0.15, 0.2) is 11.5 Å². The standard InChI is InChI=1S/C31H31BrN2O7/c1-5-19(2)21-6-10-24(11-7-21)40-14-15-41-28-26(32)17-20(18-27(28)39-4)16-25-29(35)33-31(37)34(30(25)36)22-8-12-23(38-3)13-9-22/h6-13,16-19H,5,14-15H2,1-4H3,(H,33,35,37)/b25-16-. The third-order valence-corrected chi connectivity index (χ3v) is 7.24. The van der Waals surface area contributed by atoms with Gasteiger partial charge in [0.25, 0.3) is 11.8 Å². The average Bonchev–Trinajstić information content (AvgIpc) is 2.98. The molecule has 1 unspecified atom stereocenters. The Kier molecular flexibility index (Phi) is 9.67. The molecule has 3 aromatic rings. The number of benzene rings is 3. The topological polar surface area (TPSA) is 103 Å². The first kappa shape index (κ1) is 29.7. The van der Waals surface area contributed by atoms with Crippen molar-refractivity contribution in [3.05, 3.63) is 81.8 Å². The molecule has 1 heterocycles. The second-order valence-electron chi connectivity index (χ2n) is 9.27. The van der Waals surface area contributed by atoms with Crippen molar-refractivity contribution in [2.24, 2.45) is 0 Å². The lowest BCUT2D eigenvalue weighted by atomic mass is 9.99. The molecule has 41 heavy (non-hydrogen) atoms. The van der Waals surface area contributed by atoms with Crippen LogP contribution in [0.5, 0.6) is 23.0 Å². The summed E-state index contributed by atoms with van der Waals surface area (Å²) in [4.78, 5) is 39.2. The third kappa shape index (κ3) is 6.89. The minimum Gasteiger partial charge on any atom is -0.497 e. The Morgan fingerprint density at radius 3 is 2.20 bits per heavy atom. The number of carbonyl (C=O) groups is 3. The van der Waals surface area contributed by atoms with Crippen molar-refractivity contribution in [3.63, 3.8) is 0 Å². The summed E-state index contributed by atoms with van der Waals surface area (Å²) in [7, 11) is 3.00. The first-order valence-electron chi connectivity index (χ1n) is 13.0. The number of barbiturate groups is 1. The third-order valence-electron chi connectivity index (χ3n) is 6.66. The Balaban J connectivity index is 1.47. The van der Waals surface area contributed by atoms with Gasteiger partial charge in [-0.15, -0.1) is 0 Å². The number of rotatable bonds is 11. The lowest BCUT2D eigenvalue weighted by molar-refractivity contribution is -0.122. The summed E-state index contributed by atoms with van der Waals surface area (Å²) < 4.78 is 22.9. The largest absolute Gasteiger partial charge is 0.497 e. The number of halogens is 1. The number of ether oxygens (including phenoxy) is 4. The highest BCUT2D eigenvalue weighted by Crippen LogP contribution is 2.37. The van der Waals surface area contributed by atoms with Crippen LogP contribution in [-0.4, -0.2) is 45.3 Å². The van der Waals surface area contributed by atoms with Crippen molar-refractivity contribution >= 4 is 45.5 Å². The number of hydrogen-bond donors (Lipinski definition) is 1. The molecular formula is C31H31BrN2O7. The fourth-order valence-corrected chi connectivity index (χ4v) is 4.76. The van der Waals surface area contributed by atoms with E-state index in [1.165, 1.54) is 25.9 Å². The molecule has 10 heteroatoms. The smallest absolute Gasteiger partial charge is 0.335 e. The number of methoxy groups -OCH3 is 2. The fourth-order valence-electron chi connectivity index (χ4n) is 4.18. The van der Waals surface area contributed by atoms with Crippen LogP contribution in [0.2, 0.25) is 0 Å². The van der Waals surface area contributed by atoms with Gasteiger partial charge in [-0.1, -0.05) is 26.0 Å². The Bertz CT molecular complexity index is 1450. The number of carbonyl (C=O) groups excluding carboxylic acids is 3. The second-order valence-corrected chi connectivity index (χ2v) is 10.1. The highest BCUT2D eigenvalue weighted by Gasteiger charge is 2.37. The van der Waals surface area contributed by atoms with E-state index in [1.54, 1.807) is 36.4 Å². The Hall–Kier alpha value is -4.31. The van der Waals surface area contributed by atoms with Gasteiger partial charge in [-0.25, -0.2) is 9.69 Å². The summed E-state index contributed by atoms with van der Waals surface area (Å²) in [6.45, 7) is 4.92. The molecule has 9 nitrogen and oxygen atoms in total. The summed E-state index contributed by atoms with van der Waals surface area (Å²) in [6.07, 6.45) is 2.47. The van der Waals surface area contributed by atoms with Crippen LogP contribution in [0.25, 0.3) is 6.08 Å². The van der Waals surface area contributed by atoms with E-state index in [-0.39, 0.29) is 12.2 Å². The number of imide groups is 2. The molecule has 1 N–H and O–H groups in total. The van der Waals surface area contributed by atoms with E-state index in [0.29, 0.717) is 45.5 Å². The summed E-state index contributed by atoms with van der Waals surface area (Å²) in [5.41, 5.74) is 1.84.